The number of nitrogens with one attached hydrogen (secondary N) is 2. The molecule has 0 aromatic rings. The second kappa shape index (κ2) is 6.58. The number of rotatable bonds is 5. The molecule has 0 radical (unpaired) electrons. The molecule has 7 N–H and O–H groups in total. The van der Waals surface area contributed by atoms with E-state index in [1.165, 1.54) is 0 Å². The van der Waals surface area contributed by atoms with Crippen LogP contribution in [0.5, 0.6) is 0 Å². The van der Waals surface area contributed by atoms with Crippen LogP contribution in [0.15, 0.2) is 0 Å². The van der Waals surface area contributed by atoms with Gasteiger partial charge in [0.15, 0.2) is 5.11 Å². The average molecular weight is 206 g/mol. The smallest absolute Gasteiger partial charge is 0.320 e. The van der Waals surface area contributed by atoms with E-state index < -0.39 is 12.0 Å². The van der Waals surface area contributed by atoms with Crippen molar-refractivity contribution in [1.82, 2.24) is 10.7 Å². The molecule has 0 aromatic carbocycles. The minimum absolute atomic E-state index is 0.337. The Morgan fingerprint density at radius 1 is 1.62 bits per heavy atom. The minimum Gasteiger partial charge on any atom is -0.480 e. The SMILES string of the molecule is NNC(=S)NCCC[C@H](N)C(=O)O. The molecule has 0 amide bonds. The molecule has 0 unspecified atom stereocenters. The highest BCUT2D eigenvalue weighted by atomic mass is 32.1. The molecular formula is C6H14N4O2S. The minimum atomic E-state index is -0.987. The first-order valence-electron chi connectivity index (χ1n) is 3.80. The van der Waals surface area contributed by atoms with E-state index in [0.717, 1.165) is 0 Å². The van der Waals surface area contributed by atoms with E-state index >= 15 is 0 Å². The van der Waals surface area contributed by atoms with Crippen LogP contribution in [0.25, 0.3) is 0 Å². The number of carboxylic acid groups (broad SMARTS) is 1. The third-order valence-electron chi connectivity index (χ3n) is 1.43. The molecule has 7 heteroatoms. The lowest BCUT2D eigenvalue weighted by atomic mass is 10.2. The Kier molecular flexibility index (Phi) is 6.11. The van der Waals surface area contributed by atoms with E-state index in [4.69, 9.17) is 28.9 Å². The lowest BCUT2D eigenvalue weighted by molar-refractivity contribution is -0.138. The molecule has 0 saturated heterocycles. The number of hydrazine groups is 1. The second-order valence-electron chi connectivity index (χ2n) is 2.49. The summed E-state index contributed by atoms with van der Waals surface area (Å²) in [7, 11) is 0. The number of carbonyl (C=O) groups is 1. The molecule has 0 spiro atoms. The van der Waals surface area contributed by atoms with Crippen molar-refractivity contribution in [3.8, 4) is 0 Å². The third kappa shape index (κ3) is 6.26. The van der Waals surface area contributed by atoms with Crippen molar-refractivity contribution in [2.75, 3.05) is 6.54 Å². The van der Waals surface area contributed by atoms with Gasteiger partial charge in [0.25, 0.3) is 0 Å². The number of hydrogen-bond donors (Lipinski definition) is 5. The molecule has 0 aliphatic heterocycles. The highest BCUT2D eigenvalue weighted by molar-refractivity contribution is 7.80. The van der Waals surface area contributed by atoms with E-state index in [1.807, 2.05) is 0 Å². The van der Waals surface area contributed by atoms with Gasteiger partial charge in [0, 0.05) is 6.54 Å². The van der Waals surface area contributed by atoms with Gasteiger partial charge in [-0.2, -0.15) is 0 Å². The lowest BCUT2D eigenvalue weighted by Crippen LogP contribution is -2.40. The van der Waals surface area contributed by atoms with Crippen LogP contribution in [0.4, 0.5) is 0 Å². The maximum atomic E-state index is 10.3. The summed E-state index contributed by atoms with van der Waals surface area (Å²) in [6, 6.07) is -0.804. The van der Waals surface area contributed by atoms with Crippen LogP contribution < -0.4 is 22.3 Å². The van der Waals surface area contributed by atoms with Gasteiger partial charge in [-0.15, -0.1) is 0 Å². The lowest BCUT2D eigenvalue weighted by Gasteiger charge is -2.08. The van der Waals surface area contributed by atoms with Gasteiger partial charge >= 0.3 is 5.97 Å². The number of nitrogens with two attached hydrogens (primary N) is 2. The molecule has 0 heterocycles. The monoisotopic (exact) mass is 206 g/mol. The largest absolute Gasteiger partial charge is 0.480 e. The summed E-state index contributed by atoms with van der Waals surface area (Å²) in [4.78, 5) is 10.3. The summed E-state index contributed by atoms with van der Waals surface area (Å²) in [5.41, 5.74) is 7.51. The van der Waals surface area contributed by atoms with Gasteiger partial charge in [-0.05, 0) is 25.1 Å². The summed E-state index contributed by atoms with van der Waals surface area (Å²) < 4.78 is 0. The summed E-state index contributed by atoms with van der Waals surface area (Å²) in [5.74, 6) is 4.00. The molecule has 0 saturated carbocycles. The van der Waals surface area contributed by atoms with E-state index in [9.17, 15) is 4.79 Å². The van der Waals surface area contributed by atoms with Crippen molar-refractivity contribution < 1.29 is 9.90 Å². The molecular weight excluding hydrogens is 192 g/mol. The average Bonchev–Trinajstić information content (AvgIpc) is 2.11. The van der Waals surface area contributed by atoms with Crippen LogP contribution in [0.2, 0.25) is 0 Å². The highest BCUT2D eigenvalue weighted by Crippen LogP contribution is 1.92. The van der Waals surface area contributed by atoms with Crippen molar-refractivity contribution in [3.05, 3.63) is 0 Å². The standard InChI is InChI=1S/C6H14N4O2S/c7-4(5(11)12)2-1-3-9-6(13)10-8/h4H,1-3,7-8H2,(H,11,12)(H2,9,10,13)/t4-/m0/s1. The molecule has 76 valence electrons. The van der Waals surface area contributed by atoms with Crippen molar-refractivity contribution in [3.63, 3.8) is 0 Å². The Balaban J connectivity index is 3.35. The van der Waals surface area contributed by atoms with Gasteiger partial charge in [-0.1, -0.05) is 0 Å². The molecule has 6 nitrogen and oxygen atoms in total. The number of thiocarbonyl (C=S) groups is 1. The summed E-state index contributed by atoms with van der Waals surface area (Å²) in [6.45, 7) is 0.560. The topological polar surface area (TPSA) is 113 Å². The maximum absolute atomic E-state index is 10.3. The van der Waals surface area contributed by atoms with Crippen LogP contribution in [0.1, 0.15) is 12.8 Å². The number of hydrogen-bond acceptors (Lipinski definition) is 4. The van der Waals surface area contributed by atoms with Crippen molar-refractivity contribution in [2.45, 2.75) is 18.9 Å². The zero-order valence-corrected chi connectivity index (χ0v) is 7.93. The van der Waals surface area contributed by atoms with Gasteiger partial charge in [0.05, 0.1) is 0 Å². The number of aliphatic carboxylic acids is 1. The Bertz CT molecular complexity index is 187. The van der Waals surface area contributed by atoms with E-state index in [1.54, 1.807) is 0 Å². The first kappa shape index (κ1) is 12.1. The Morgan fingerprint density at radius 3 is 2.69 bits per heavy atom. The van der Waals surface area contributed by atoms with Crippen LogP contribution in [-0.4, -0.2) is 28.8 Å². The molecule has 0 aromatic heterocycles. The molecule has 0 fully saturated rings. The normalized spacial score (nSPS) is 11.8. The zero-order chi connectivity index (χ0) is 10.3. The Labute approximate surface area is 81.6 Å². The van der Waals surface area contributed by atoms with E-state index in [2.05, 4.69) is 10.7 Å². The summed E-state index contributed by atoms with van der Waals surface area (Å²) >= 11 is 4.69. The van der Waals surface area contributed by atoms with E-state index in [-0.39, 0.29) is 0 Å². The predicted molar refractivity (Wildman–Crippen MR) is 52.8 cm³/mol. The molecule has 0 aliphatic rings. The molecule has 1 atom stereocenters. The van der Waals surface area contributed by atoms with Gasteiger partial charge < -0.3 is 21.6 Å². The molecule has 0 bridgehead atoms. The van der Waals surface area contributed by atoms with Crippen molar-refractivity contribution in [2.24, 2.45) is 11.6 Å². The fourth-order valence-electron chi connectivity index (χ4n) is 0.698. The Hall–Kier alpha value is -0.920. The van der Waals surface area contributed by atoms with Crippen LogP contribution in [0.3, 0.4) is 0 Å². The Morgan fingerprint density at radius 2 is 2.23 bits per heavy atom. The van der Waals surface area contributed by atoms with E-state index in [0.29, 0.717) is 24.5 Å². The van der Waals surface area contributed by atoms with Gasteiger partial charge in [0.2, 0.25) is 0 Å². The van der Waals surface area contributed by atoms with Crippen molar-refractivity contribution >= 4 is 23.3 Å². The molecule has 13 heavy (non-hydrogen) atoms. The summed E-state index contributed by atoms with van der Waals surface area (Å²) in [6.07, 6.45) is 1.05. The quantitative estimate of drug-likeness (QED) is 0.161. The first-order chi connectivity index (χ1) is 6.07. The molecule has 0 rings (SSSR count). The predicted octanol–water partition coefficient (Wildman–Crippen LogP) is -1.48. The fourth-order valence-corrected chi connectivity index (χ4v) is 0.800. The van der Waals surface area contributed by atoms with Crippen LogP contribution in [0, 0.1) is 0 Å². The maximum Gasteiger partial charge on any atom is 0.320 e. The van der Waals surface area contributed by atoms with Crippen LogP contribution >= 0.6 is 12.2 Å². The van der Waals surface area contributed by atoms with Gasteiger partial charge in [0.1, 0.15) is 6.04 Å². The number of carboxylic acids is 1. The third-order valence-corrected chi connectivity index (χ3v) is 1.69. The molecule has 0 aliphatic carbocycles. The van der Waals surface area contributed by atoms with Crippen molar-refractivity contribution in [1.29, 1.82) is 0 Å². The summed E-state index contributed by atoms with van der Waals surface area (Å²) in [5, 5.41) is 11.5. The fraction of sp³-hybridized carbons (Fsp3) is 0.667. The van der Waals surface area contributed by atoms with Crippen LogP contribution in [-0.2, 0) is 4.79 Å². The second-order valence-corrected chi connectivity index (χ2v) is 2.90. The zero-order valence-electron chi connectivity index (χ0n) is 7.12. The first-order valence-corrected chi connectivity index (χ1v) is 4.21. The van der Waals surface area contributed by atoms with Gasteiger partial charge in [-0.25, -0.2) is 5.84 Å². The highest BCUT2D eigenvalue weighted by Gasteiger charge is 2.09. The van der Waals surface area contributed by atoms with Gasteiger partial charge in [-0.3, -0.25) is 4.79 Å².